The van der Waals surface area contributed by atoms with Crippen LogP contribution in [-0.4, -0.2) is 23.0 Å². The van der Waals surface area contributed by atoms with Crippen molar-refractivity contribution in [3.63, 3.8) is 0 Å². The summed E-state index contributed by atoms with van der Waals surface area (Å²) in [7, 11) is 0. The Morgan fingerprint density at radius 1 is 1.14 bits per heavy atom. The molecule has 29 heavy (non-hydrogen) atoms. The molecule has 3 aromatic rings. The van der Waals surface area contributed by atoms with Crippen molar-refractivity contribution in [2.24, 2.45) is 0 Å². The molecule has 5 nitrogen and oxygen atoms in total. The Morgan fingerprint density at radius 2 is 2.00 bits per heavy atom. The average molecular weight is 409 g/mol. The molecule has 0 bridgehead atoms. The van der Waals surface area contributed by atoms with E-state index in [0.29, 0.717) is 28.5 Å². The number of hydrogen-bond acceptors (Lipinski definition) is 5. The molecule has 0 N–H and O–H groups in total. The van der Waals surface area contributed by atoms with Crippen LogP contribution in [0.15, 0.2) is 53.3 Å². The van der Waals surface area contributed by atoms with E-state index in [1.807, 2.05) is 36.4 Å². The van der Waals surface area contributed by atoms with E-state index in [1.165, 1.54) is 0 Å². The molecule has 0 spiro atoms. The van der Waals surface area contributed by atoms with Gasteiger partial charge in [0.1, 0.15) is 5.69 Å². The molecule has 6 heteroatoms. The average Bonchev–Trinajstić information content (AvgIpc) is 3.16. The largest absolute Gasteiger partial charge is 0.354 e. The molecule has 1 aliphatic heterocycles. The Morgan fingerprint density at radius 3 is 2.79 bits per heavy atom. The molecule has 2 aromatic heterocycles. The molecule has 1 unspecified atom stereocenters. The lowest BCUT2D eigenvalue weighted by Crippen LogP contribution is -2.22. The summed E-state index contributed by atoms with van der Waals surface area (Å²) in [6.45, 7) is 1.00. The van der Waals surface area contributed by atoms with Crippen LogP contribution in [0.5, 0.6) is 0 Å². The summed E-state index contributed by atoms with van der Waals surface area (Å²) in [6.07, 6.45) is 6.98. The third-order valence-electron chi connectivity index (χ3n) is 4.68. The van der Waals surface area contributed by atoms with E-state index in [-0.39, 0.29) is 12.9 Å². The van der Waals surface area contributed by atoms with Crippen LogP contribution in [0, 0.1) is 11.8 Å². The van der Waals surface area contributed by atoms with Gasteiger partial charge in [-0.2, -0.15) is 0 Å². The summed E-state index contributed by atoms with van der Waals surface area (Å²) >= 11 is 6.37. The van der Waals surface area contributed by atoms with Crippen molar-refractivity contribution in [1.29, 1.82) is 0 Å². The zero-order chi connectivity index (χ0) is 19.9. The maximum absolute atomic E-state index is 6.37. The third kappa shape index (κ3) is 5.04. The first-order valence-electron chi connectivity index (χ1n) is 9.65. The molecule has 4 rings (SSSR count). The molecule has 1 saturated heterocycles. The fraction of sp³-hybridized carbons (Fsp3) is 0.304. The number of ether oxygens (including phenoxy) is 2. The van der Waals surface area contributed by atoms with Crippen LogP contribution >= 0.6 is 11.6 Å². The standard InChI is InChI=1S/C23H21ClN2O3/c24-20-9-2-1-7-18(20)23-19(8-5-6-17-11-13-25-14-12-17)21(26-29-23)16-28-22-10-3-4-15-27-22/h1-2,7,9,11-14,22H,3-4,6,10,15-16H2. The second-order valence-electron chi connectivity index (χ2n) is 6.75. The normalized spacial score (nSPS) is 16.2. The number of aromatic nitrogens is 2. The van der Waals surface area contributed by atoms with Gasteiger partial charge in [0.15, 0.2) is 12.1 Å². The van der Waals surface area contributed by atoms with Gasteiger partial charge in [0, 0.05) is 31.0 Å². The molecule has 1 aromatic carbocycles. The van der Waals surface area contributed by atoms with E-state index in [9.17, 15) is 0 Å². The molecule has 3 heterocycles. The van der Waals surface area contributed by atoms with Crippen LogP contribution < -0.4 is 0 Å². The molecular weight excluding hydrogens is 388 g/mol. The first-order valence-corrected chi connectivity index (χ1v) is 10.0. The van der Waals surface area contributed by atoms with E-state index < -0.39 is 0 Å². The van der Waals surface area contributed by atoms with Gasteiger partial charge in [-0.3, -0.25) is 4.98 Å². The molecule has 1 aliphatic rings. The zero-order valence-electron chi connectivity index (χ0n) is 15.9. The lowest BCUT2D eigenvalue weighted by molar-refractivity contribution is -0.169. The predicted octanol–water partition coefficient (Wildman–Crippen LogP) is 5.03. The fourth-order valence-electron chi connectivity index (χ4n) is 3.13. The van der Waals surface area contributed by atoms with Crippen molar-refractivity contribution in [2.45, 2.75) is 38.6 Å². The van der Waals surface area contributed by atoms with Gasteiger partial charge in [-0.05, 0) is 49.1 Å². The minimum absolute atomic E-state index is 0.207. The highest BCUT2D eigenvalue weighted by atomic mass is 35.5. The van der Waals surface area contributed by atoms with E-state index in [4.69, 9.17) is 25.6 Å². The molecule has 0 aliphatic carbocycles. The van der Waals surface area contributed by atoms with Gasteiger partial charge in [-0.1, -0.05) is 40.7 Å². The monoisotopic (exact) mass is 408 g/mol. The maximum Gasteiger partial charge on any atom is 0.184 e. The Hall–Kier alpha value is -2.65. The molecule has 0 radical (unpaired) electrons. The van der Waals surface area contributed by atoms with Gasteiger partial charge in [0.25, 0.3) is 0 Å². The third-order valence-corrected chi connectivity index (χ3v) is 5.01. The SMILES string of the molecule is Clc1ccccc1-c1onc(COC2CCCCO2)c1C#CCc1ccncc1. The summed E-state index contributed by atoms with van der Waals surface area (Å²) in [5, 5.41) is 4.80. The molecule has 1 atom stereocenters. The Balaban J connectivity index is 1.60. The van der Waals surface area contributed by atoms with Gasteiger partial charge >= 0.3 is 0 Å². The van der Waals surface area contributed by atoms with Gasteiger partial charge in [0.2, 0.25) is 0 Å². The summed E-state index contributed by atoms with van der Waals surface area (Å²) in [5.41, 5.74) is 3.20. The van der Waals surface area contributed by atoms with Crippen LogP contribution in [0.25, 0.3) is 11.3 Å². The number of benzene rings is 1. The van der Waals surface area contributed by atoms with Crippen molar-refractivity contribution in [1.82, 2.24) is 10.1 Å². The first-order chi connectivity index (χ1) is 14.3. The van der Waals surface area contributed by atoms with Crippen LogP contribution in [0.3, 0.4) is 0 Å². The number of halogens is 1. The van der Waals surface area contributed by atoms with Crippen molar-refractivity contribution in [2.75, 3.05) is 6.61 Å². The highest BCUT2D eigenvalue weighted by Gasteiger charge is 2.21. The van der Waals surface area contributed by atoms with E-state index in [1.54, 1.807) is 12.4 Å². The van der Waals surface area contributed by atoms with Crippen molar-refractivity contribution < 1.29 is 14.0 Å². The van der Waals surface area contributed by atoms with E-state index in [0.717, 1.165) is 37.0 Å². The van der Waals surface area contributed by atoms with Crippen molar-refractivity contribution in [3.8, 4) is 23.2 Å². The minimum atomic E-state index is -0.207. The van der Waals surface area contributed by atoms with Crippen LogP contribution in [0.2, 0.25) is 5.02 Å². The first kappa shape index (κ1) is 19.7. The summed E-state index contributed by atoms with van der Waals surface area (Å²) in [5.74, 6) is 6.98. The number of pyridine rings is 1. The second kappa shape index (κ2) is 9.71. The van der Waals surface area contributed by atoms with Gasteiger partial charge in [0.05, 0.1) is 17.2 Å². The molecular formula is C23H21ClN2O3. The van der Waals surface area contributed by atoms with Crippen LogP contribution in [0.1, 0.15) is 36.1 Å². The molecule has 0 amide bonds. The molecule has 1 fully saturated rings. The van der Waals surface area contributed by atoms with Gasteiger partial charge in [-0.15, -0.1) is 0 Å². The van der Waals surface area contributed by atoms with Crippen molar-refractivity contribution in [3.05, 3.63) is 70.6 Å². The smallest absolute Gasteiger partial charge is 0.184 e. The topological polar surface area (TPSA) is 57.4 Å². The lowest BCUT2D eigenvalue weighted by Gasteiger charge is -2.22. The number of rotatable bonds is 5. The Bertz CT molecular complexity index is 1000. The molecule has 0 saturated carbocycles. The van der Waals surface area contributed by atoms with Crippen molar-refractivity contribution >= 4 is 11.6 Å². The minimum Gasteiger partial charge on any atom is -0.354 e. The van der Waals surface area contributed by atoms with Crippen LogP contribution in [-0.2, 0) is 22.5 Å². The highest BCUT2D eigenvalue weighted by Crippen LogP contribution is 2.32. The summed E-state index contributed by atoms with van der Waals surface area (Å²) < 4.78 is 17.2. The second-order valence-corrected chi connectivity index (χ2v) is 7.16. The van der Waals surface area contributed by atoms with E-state index in [2.05, 4.69) is 22.0 Å². The Kier molecular flexibility index (Phi) is 6.58. The number of nitrogens with zero attached hydrogens (tertiary/aromatic N) is 2. The highest BCUT2D eigenvalue weighted by molar-refractivity contribution is 6.33. The zero-order valence-corrected chi connectivity index (χ0v) is 16.7. The van der Waals surface area contributed by atoms with E-state index >= 15 is 0 Å². The van der Waals surface area contributed by atoms with Gasteiger partial charge < -0.3 is 14.0 Å². The number of hydrogen-bond donors (Lipinski definition) is 0. The fourth-order valence-corrected chi connectivity index (χ4v) is 3.35. The predicted molar refractivity (Wildman–Crippen MR) is 110 cm³/mol. The molecule has 148 valence electrons. The quantitative estimate of drug-likeness (QED) is 0.554. The Labute approximate surface area is 175 Å². The van der Waals surface area contributed by atoms with Crippen LogP contribution in [0.4, 0.5) is 0 Å². The summed E-state index contributed by atoms with van der Waals surface area (Å²) in [6, 6.07) is 11.4. The maximum atomic E-state index is 6.37. The summed E-state index contributed by atoms with van der Waals surface area (Å²) in [4.78, 5) is 4.03. The lowest BCUT2D eigenvalue weighted by atomic mass is 10.1. The van der Waals surface area contributed by atoms with Gasteiger partial charge in [-0.25, -0.2) is 0 Å².